The fourth-order valence-corrected chi connectivity index (χ4v) is 2.70. The highest BCUT2D eigenvalue weighted by atomic mass is 35.5. The minimum atomic E-state index is -0.385. The molecule has 112 valence electrons. The Labute approximate surface area is 122 Å². The van der Waals surface area contributed by atoms with Crippen LogP contribution in [0.3, 0.4) is 0 Å². The Hall–Kier alpha value is 0.420. The molecular weight excluding hydrogens is 275 g/mol. The van der Waals surface area contributed by atoms with Gasteiger partial charge in [-0.05, 0) is 64.5 Å². The summed E-state index contributed by atoms with van der Waals surface area (Å²) in [7, 11) is 0. The maximum atomic E-state index is 9.16. The molecule has 0 radical (unpaired) electrons. The predicted molar refractivity (Wildman–Crippen MR) is 79.3 cm³/mol. The molecule has 4 nitrogen and oxygen atoms in total. The summed E-state index contributed by atoms with van der Waals surface area (Å²) in [5, 5.41) is 18.3. The fraction of sp³-hybridized carbons (Fsp3) is 1.00. The molecule has 0 atom stereocenters. The van der Waals surface area contributed by atoms with Crippen LogP contribution < -0.4 is 11.5 Å². The van der Waals surface area contributed by atoms with Crippen LogP contribution in [0.1, 0.15) is 39.5 Å². The quantitative estimate of drug-likeness (QED) is 0.613. The number of hydrogen-bond acceptors (Lipinski definition) is 4. The van der Waals surface area contributed by atoms with Gasteiger partial charge in [0.15, 0.2) is 0 Å². The molecule has 0 aromatic carbocycles. The highest BCUT2D eigenvalue weighted by Crippen LogP contribution is 2.36. The molecule has 0 aromatic rings. The standard InChI is InChI=1S/2C6H13NO.2ClH/c2*1-6(8)2-5(3-6)4-7;;/h2*5,8H,2-4,7H2,1H3;2*1H. The Kier molecular flexibility index (Phi) is 9.07. The Morgan fingerprint density at radius 2 is 1.06 bits per heavy atom. The molecule has 2 aliphatic rings. The zero-order valence-corrected chi connectivity index (χ0v) is 12.9. The van der Waals surface area contributed by atoms with E-state index in [1.165, 1.54) is 0 Å². The van der Waals surface area contributed by atoms with E-state index in [2.05, 4.69) is 0 Å². The van der Waals surface area contributed by atoms with Gasteiger partial charge in [-0.15, -0.1) is 24.8 Å². The third-order valence-electron chi connectivity index (χ3n) is 3.58. The van der Waals surface area contributed by atoms with Gasteiger partial charge in [0, 0.05) is 0 Å². The average Bonchev–Trinajstić information content (AvgIpc) is 2.10. The summed E-state index contributed by atoms with van der Waals surface area (Å²) in [6.45, 7) is 5.19. The first kappa shape index (κ1) is 20.7. The van der Waals surface area contributed by atoms with Gasteiger partial charge in [-0.2, -0.15) is 0 Å². The van der Waals surface area contributed by atoms with E-state index in [-0.39, 0.29) is 36.0 Å². The minimum absolute atomic E-state index is 0. The lowest BCUT2D eigenvalue weighted by molar-refractivity contribution is -0.0541. The van der Waals surface area contributed by atoms with E-state index in [0.29, 0.717) is 11.8 Å². The van der Waals surface area contributed by atoms with Crippen molar-refractivity contribution in [3.05, 3.63) is 0 Å². The topological polar surface area (TPSA) is 92.5 Å². The summed E-state index contributed by atoms with van der Waals surface area (Å²) in [6.07, 6.45) is 3.57. The number of halogens is 2. The second-order valence-electron chi connectivity index (χ2n) is 6.01. The van der Waals surface area contributed by atoms with Crippen LogP contribution in [0, 0.1) is 11.8 Å². The smallest absolute Gasteiger partial charge is 0.0626 e. The first-order valence-corrected chi connectivity index (χ1v) is 6.13. The van der Waals surface area contributed by atoms with Crippen molar-refractivity contribution in [3.8, 4) is 0 Å². The van der Waals surface area contributed by atoms with E-state index in [9.17, 15) is 0 Å². The molecule has 0 aliphatic heterocycles. The normalized spacial score (nSPS) is 41.0. The van der Waals surface area contributed by atoms with Crippen LogP contribution in [0.4, 0.5) is 0 Å². The third-order valence-corrected chi connectivity index (χ3v) is 3.58. The first-order valence-electron chi connectivity index (χ1n) is 6.13. The van der Waals surface area contributed by atoms with Gasteiger partial charge in [0.2, 0.25) is 0 Å². The maximum Gasteiger partial charge on any atom is 0.0626 e. The number of nitrogens with two attached hydrogens (primary N) is 2. The van der Waals surface area contributed by atoms with Crippen LogP contribution >= 0.6 is 24.8 Å². The molecule has 0 bridgehead atoms. The van der Waals surface area contributed by atoms with Gasteiger partial charge in [0.1, 0.15) is 0 Å². The lowest BCUT2D eigenvalue weighted by atomic mass is 9.72. The lowest BCUT2D eigenvalue weighted by Crippen LogP contribution is -2.43. The van der Waals surface area contributed by atoms with Gasteiger partial charge in [-0.25, -0.2) is 0 Å². The fourth-order valence-electron chi connectivity index (χ4n) is 2.70. The molecule has 0 amide bonds. The van der Waals surface area contributed by atoms with E-state index >= 15 is 0 Å². The minimum Gasteiger partial charge on any atom is -0.390 e. The van der Waals surface area contributed by atoms with Crippen LogP contribution in [0.25, 0.3) is 0 Å². The molecule has 18 heavy (non-hydrogen) atoms. The van der Waals surface area contributed by atoms with Gasteiger partial charge < -0.3 is 21.7 Å². The highest BCUT2D eigenvalue weighted by Gasteiger charge is 2.37. The summed E-state index contributed by atoms with van der Waals surface area (Å²) in [5.74, 6) is 1.18. The van der Waals surface area contributed by atoms with Crippen LogP contribution in [-0.4, -0.2) is 34.5 Å². The van der Waals surface area contributed by atoms with Crippen molar-refractivity contribution in [2.45, 2.75) is 50.7 Å². The van der Waals surface area contributed by atoms with Crippen molar-refractivity contribution < 1.29 is 10.2 Å². The van der Waals surface area contributed by atoms with E-state index in [1.54, 1.807) is 0 Å². The maximum absolute atomic E-state index is 9.16. The van der Waals surface area contributed by atoms with E-state index in [1.807, 2.05) is 13.8 Å². The third kappa shape index (κ3) is 6.55. The van der Waals surface area contributed by atoms with Crippen molar-refractivity contribution in [2.75, 3.05) is 13.1 Å². The monoisotopic (exact) mass is 302 g/mol. The van der Waals surface area contributed by atoms with Crippen molar-refractivity contribution in [1.29, 1.82) is 0 Å². The zero-order valence-electron chi connectivity index (χ0n) is 11.3. The van der Waals surface area contributed by atoms with Gasteiger partial charge in [0.25, 0.3) is 0 Å². The molecule has 0 saturated heterocycles. The molecule has 6 N–H and O–H groups in total. The molecule has 6 heteroatoms. The zero-order chi connectivity index (χ0) is 12.4. The molecular formula is C12H28Cl2N2O2. The second-order valence-corrected chi connectivity index (χ2v) is 6.01. The van der Waals surface area contributed by atoms with E-state index in [0.717, 1.165) is 38.8 Å². The SMILES string of the molecule is CC1(O)CC(CN)C1.CC1(O)CC(CN)C1.Cl.Cl. The second kappa shape index (κ2) is 7.88. The molecule has 0 spiro atoms. The van der Waals surface area contributed by atoms with Crippen molar-refractivity contribution in [1.82, 2.24) is 0 Å². The van der Waals surface area contributed by atoms with E-state index in [4.69, 9.17) is 21.7 Å². The molecule has 0 aromatic heterocycles. The molecule has 0 unspecified atom stereocenters. The molecule has 2 rings (SSSR count). The average molecular weight is 303 g/mol. The van der Waals surface area contributed by atoms with Crippen LogP contribution in [0.2, 0.25) is 0 Å². The Bertz CT molecular complexity index is 198. The Balaban J connectivity index is 0. The van der Waals surface area contributed by atoms with E-state index < -0.39 is 0 Å². The van der Waals surface area contributed by atoms with Crippen molar-refractivity contribution in [3.63, 3.8) is 0 Å². The number of hydrogen-bond donors (Lipinski definition) is 4. The first-order chi connectivity index (χ1) is 7.28. The molecule has 2 aliphatic carbocycles. The summed E-state index contributed by atoms with van der Waals surface area (Å²) in [4.78, 5) is 0. The Morgan fingerprint density at radius 3 is 1.11 bits per heavy atom. The van der Waals surface area contributed by atoms with Crippen LogP contribution in [0.15, 0.2) is 0 Å². The van der Waals surface area contributed by atoms with Crippen molar-refractivity contribution in [2.24, 2.45) is 23.3 Å². The van der Waals surface area contributed by atoms with Crippen molar-refractivity contribution >= 4 is 24.8 Å². The summed E-state index contributed by atoms with van der Waals surface area (Å²) in [5.41, 5.74) is 9.92. The predicted octanol–water partition coefficient (Wildman–Crippen LogP) is 1.06. The van der Waals surface area contributed by atoms with Gasteiger partial charge in [-0.1, -0.05) is 0 Å². The summed E-state index contributed by atoms with van der Waals surface area (Å²) < 4.78 is 0. The molecule has 0 heterocycles. The summed E-state index contributed by atoms with van der Waals surface area (Å²) in [6, 6.07) is 0. The van der Waals surface area contributed by atoms with Gasteiger partial charge in [-0.3, -0.25) is 0 Å². The lowest BCUT2D eigenvalue weighted by Gasteiger charge is -2.40. The van der Waals surface area contributed by atoms with Crippen LogP contribution in [0.5, 0.6) is 0 Å². The number of aliphatic hydroxyl groups is 2. The van der Waals surface area contributed by atoms with Crippen LogP contribution in [-0.2, 0) is 0 Å². The van der Waals surface area contributed by atoms with Gasteiger partial charge >= 0.3 is 0 Å². The molecule has 2 fully saturated rings. The molecule has 2 saturated carbocycles. The summed E-state index contributed by atoms with van der Waals surface area (Å²) >= 11 is 0. The Morgan fingerprint density at radius 1 is 0.833 bits per heavy atom. The largest absolute Gasteiger partial charge is 0.390 e. The highest BCUT2D eigenvalue weighted by molar-refractivity contribution is 5.85. The number of rotatable bonds is 2. The van der Waals surface area contributed by atoms with Gasteiger partial charge in [0.05, 0.1) is 11.2 Å².